The summed E-state index contributed by atoms with van der Waals surface area (Å²) in [6, 6.07) is 0. The van der Waals surface area contributed by atoms with Crippen molar-refractivity contribution in [2.45, 2.75) is 149 Å². The highest BCUT2D eigenvalue weighted by Crippen LogP contribution is 2.18. The standard InChI is InChI=1S/C28H54Si2/c1-28(24-20-16-12-8-10-14-18-22-26-29(2,3)4)25-21-17-13-9-11-15-19-23-27-30(5,6)7/h28H,8-21,24-25H2,1-7H3. The molecule has 0 atom stereocenters. The fourth-order valence-electron chi connectivity index (χ4n) is 3.63. The van der Waals surface area contributed by atoms with E-state index in [1.807, 2.05) is 0 Å². The number of unbranched alkanes of at least 4 members (excludes halogenated alkanes) is 12. The topological polar surface area (TPSA) is 0 Å². The van der Waals surface area contributed by atoms with Crippen molar-refractivity contribution in [1.29, 1.82) is 0 Å². The van der Waals surface area contributed by atoms with Gasteiger partial charge in [0.2, 0.25) is 0 Å². The second-order valence-corrected chi connectivity index (χ2v) is 21.0. The molecule has 0 aliphatic heterocycles. The molecule has 0 fully saturated rings. The van der Waals surface area contributed by atoms with E-state index in [9.17, 15) is 0 Å². The van der Waals surface area contributed by atoms with Crippen LogP contribution < -0.4 is 0 Å². The Bertz CT molecular complexity index is 465. The first-order chi connectivity index (χ1) is 14.1. The van der Waals surface area contributed by atoms with Gasteiger partial charge in [0, 0.05) is 12.8 Å². The predicted octanol–water partition coefficient (Wildman–Crippen LogP) is 9.63. The van der Waals surface area contributed by atoms with E-state index in [4.69, 9.17) is 0 Å². The Morgan fingerprint density at radius 3 is 1.10 bits per heavy atom. The van der Waals surface area contributed by atoms with Gasteiger partial charge in [-0.05, 0) is 18.8 Å². The van der Waals surface area contributed by atoms with Crippen LogP contribution in [0.3, 0.4) is 0 Å². The van der Waals surface area contributed by atoms with E-state index in [1.54, 1.807) is 0 Å². The van der Waals surface area contributed by atoms with Gasteiger partial charge >= 0.3 is 0 Å². The maximum atomic E-state index is 3.47. The lowest BCUT2D eigenvalue weighted by Gasteiger charge is -2.11. The number of rotatable bonds is 16. The molecule has 0 aliphatic rings. The average molecular weight is 447 g/mol. The Morgan fingerprint density at radius 2 is 0.767 bits per heavy atom. The van der Waals surface area contributed by atoms with Crippen LogP contribution in [0, 0.1) is 28.8 Å². The van der Waals surface area contributed by atoms with E-state index in [-0.39, 0.29) is 0 Å². The molecule has 0 rings (SSSR count). The molecule has 0 heterocycles. The lowest BCUT2D eigenvalue weighted by atomic mass is 9.96. The highest BCUT2D eigenvalue weighted by atomic mass is 28.3. The second-order valence-electron chi connectivity index (χ2n) is 11.5. The van der Waals surface area contributed by atoms with Crippen molar-refractivity contribution < 1.29 is 0 Å². The molecule has 0 aromatic heterocycles. The molecule has 0 N–H and O–H groups in total. The summed E-state index contributed by atoms with van der Waals surface area (Å²) in [6.45, 7) is 16.4. The third kappa shape index (κ3) is 25.6. The molecule has 0 saturated heterocycles. The van der Waals surface area contributed by atoms with Crippen molar-refractivity contribution in [2.24, 2.45) is 5.92 Å². The molecule has 0 spiro atoms. The molecule has 0 aromatic carbocycles. The van der Waals surface area contributed by atoms with Crippen LogP contribution in [-0.2, 0) is 0 Å². The predicted molar refractivity (Wildman–Crippen MR) is 145 cm³/mol. The normalized spacial score (nSPS) is 11.7. The largest absolute Gasteiger partial charge is 0.132 e. The summed E-state index contributed by atoms with van der Waals surface area (Å²) in [5.74, 6) is 7.73. The van der Waals surface area contributed by atoms with Gasteiger partial charge in [-0.1, -0.05) is 123 Å². The van der Waals surface area contributed by atoms with Gasteiger partial charge in [-0.15, -0.1) is 22.9 Å². The maximum Gasteiger partial charge on any atom is 0.129 e. The minimum absolute atomic E-state index is 0.929. The quantitative estimate of drug-likeness (QED) is 0.126. The molecule has 0 aromatic rings. The van der Waals surface area contributed by atoms with Crippen LogP contribution in [0.15, 0.2) is 0 Å². The Balaban J connectivity index is 3.35. The smallest absolute Gasteiger partial charge is 0.129 e. The fourth-order valence-corrected chi connectivity index (χ4v) is 4.94. The molecular formula is C28H54Si2. The van der Waals surface area contributed by atoms with Crippen molar-refractivity contribution in [3.8, 4) is 22.9 Å². The highest BCUT2D eigenvalue weighted by Gasteiger charge is 2.07. The van der Waals surface area contributed by atoms with Crippen LogP contribution >= 0.6 is 0 Å². The molecule has 2 heteroatoms. The van der Waals surface area contributed by atoms with Gasteiger partial charge in [-0.3, -0.25) is 0 Å². The Hall–Kier alpha value is -0.446. The average Bonchev–Trinajstić information content (AvgIpc) is 2.63. The molecule has 0 unspecified atom stereocenters. The summed E-state index contributed by atoms with van der Waals surface area (Å²) in [6.07, 6.45) is 21.9. The first kappa shape index (κ1) is 29.6. The molecule has 30 heavy (non-hydrogen) atoms. The SMILES string of the molecule is CC(CCCCCCCCC#C[Si](C)(C)C)CCCCCCCCC#C[Si](C)(C)C. The maximum absolute atomic E-state index is 3.47. The molecular weight excluding hydrogens is 392 g/mol. The highest BCUT2D eigenvalue weighted by molar-refractivity contribution is 6.84. The Kier molecular flexibility index (Phi) is 17.9. The number of hydrogen-bond acceptors (Lipinski definition) is 0. The molecule has 174 valence electrons. The summed E-state index contributed by atoms with van der Waals surface area (Å²) in [5, 5.41) is 0. The first-order valence-electron chi connectivity index (χ1n) is 13.1. The zero-order valence-electron chi connectivity index (χ0n) is 21.9. The van der Waals surface area contributed by atoms with E-state index in [0.29, 0.717) is 0 Å². The molecule has 0 nitrogen and oxygen atoms in total. The van der Waals surface area contributed by atoms with Crippen molar-refractivity contribution in [1.82, 2.24) is 0 Å². The number of hydrogen-bond donors (Lipinski definition) is 0. The van der Waals surface area contributed by atoms with Gasteiger partial charge in [0.25, 0.3) is 0 Å². The Labute approximate surface area is 193 Å². The van der Waals surface area contributed by atoms with Crippen molar-refractivity contribution >= 4 is 16.1 Å². The van der Waals surface area contributed by atoms with E-state index in [1.165, 1.54) is 89.9 Å². The Morgan fingerprint density at radius 1 is 0.467 bits per heavy atom. The zero-order valence-corrected chi connectivity index (χ0v) is 23.9. The van der Waals surface area contributed by atoms with Crippen molar-refractivity contribution in [3.05, 3.63) is 0 Å². The monoisotopic (exact) mass is 446 g/mol. The van der Waals surface area contributed by atoms with E-state index in [0.717, 1.165) is 18.8 Å². The van der Waals surface area contributed by atoms with Crippen LogP contribution in [0.5, 0.6) is 0 Å². The third-order valence-corrected chi connectivity index (χ3v) is 7.28. The van der Waals surface area contributed by atoms with Crippen LogP contribution in [-0.4, -0.2) is 16.1 Å². The van der Waals surface area contributed by atoms with Gasteiger partial charge < -0.3 is 0 Å². The summed E-state index contributed by atoms with van der Waals surface area (Å²) >= 11 is 0. The van der Waals surface area contributed by atoms with Gasteiger partial charge in [-0.25, -0.2) is 0 Å². The second kappa shape index (κ2) is 18.2. The van der Waals surface area contributed by atoms with Gasteiger partial charge in [0.05, 0.1) is 0 Å². The van der Waals surface area contributed by atoms with Crippen LogP contribution in [0.4, 0.5) is 0 Å². The zero-order chi connectivity index (χ0) is 22.7. The minimum atomic E-state index is -1.15. The summed E-state index contributed by atoms with van der Waals surface area (Å²) in [5.41, 5.74) is 6.95. The van der Waals surface area contributed by atoms with Crippen molar-refractivity contribution in [3.63, 3.8) is 0 Å². The molecule has 0 saturated carbocycles. The summed E-state index contributed by atoms with van der Waals surface area (Å²) < 4.78 is 0. The fraction of sp³-hybridized carbons (Fsp3) is 0.857. The molecule has 0 aliphatic carbocycles. The van der Waals surface area contributed by atoms with Gasteiger partial charge in [0.15, 0.2) is 0 Å². The molecule has 0 bridgehead atoms. The molecule has 0 amide bonds. The van der Waals surface area contributed by atoms with Crippen LogP contribution in [0.2, 0.25) is 39.3 Å². The minimum Gasteiger partial charge on any atom is -0.132 e. The van der Waals surface area contributed by atoms with Gasteiger partial charge in [0.1, 0.15) is 16.1 Å². The summed E-state index contributed by atoms with van der Waals surface area (Å²) in [7, 11) is -2.29. The third-order valence-electron chi connectivity index (χ3n) is 5.42. The van der Waals surface area contributed by atoms with E-state index < -0.39 is 16.1 Å². The lowest BCUT2D eigenvalue weighted by molar-refractivity contribution is 0.431. The lowest BCUT2D eigenvalue weighted by Crippen LogP contribution is -2.16. The first-order valence-corrected chi connectivity index (χ1v) is 20.1. The van der Waals surface area contributed by atoms with Crippen molar-refractivity contribution in [2.75, 3.05) is 0 Å². The van der Waals surface area contributed by atoms with Crippen LogP contribution in [0.1, 0.15) is 110 Å². The van der Waals surface area contributed by atoms with Gasteiger partial charge in [-0.2, -0.15) is 0 Å². The summed E-state index contributed by atoms with van der Waals surface area (Å²) in [4.78, 5) is 0. The van der Waals surface area contributed by atoms with Crippen LogP contribution in [0.25, 0.3) is 0 Å². The van der Waals surface area contributed by atoms with E-state index in [2.05, 4.69) is 69.1 Å². The molecule has 0 radical (unpaired) electrons. The van der Waals surface area contributed by atoms with E-state index >= 15 is 0 Å².